The second kappa shape index (κ2) is 8.61. The first kappa shape index (κ1) is 21.2. The molecule has 1 spiro atoms. The van der Waals surface area contributed by atoms with E-state index in [0.717, 1.165) is 86.8 Å². The van der Waals surface area contributed by atoms with Crippen LogP contribution in [0, 0.1) is 19.3 Å². The molecule has 1 amide bonds. The second-order valence-electron chi connectivity index (χ2n) is 9.48. The lowest BCUT2D eigenvalue weighted by atomic mass is 9.76. The van der Waals surface area contributed by atoms with E-state index in [1.165, 1.54) is 11.3 Å². The molecule has 3 heterocycles. The predicted molar refractivity (Wildman–Crippen MR) is 114 cm³/mol. The number of nitrogens with zero attached hydrogens (tertiary/aromatic N) is 3. The Morgan fingerprint density at radius 1 is 1.28 bits per heavy atom. The highest BCUT2D eigenvalue weighted by Crippen LogP contribution is 2.42. The molecule has 1 aromatic heterocycles. The van der Waals surface area contributed by atoms with Crippen LogP contribution in [0.5, 0.6) is 0 Å². The Morgan fingerprint density at radius 2 is 1.97 bits per heavy atom. The van der Waals surface area contributed by atoms with Crippen LogP contribution in [0.2, 0.25) is 0 Å². The fourth-order valence-electron chi connectivity index (χ4n) is 5.39. The van der Waals surface area contributed by atoms with Crippen LogP contribution in [0.1, 0.15) is 65.3 Å². The van der Waals surface area contributed by atoms with E-state index in [2.05, 4.69) is 16.9 Å². The number of likely N-dealkylation sites (N-methyl/N-ethyl adjacent to an activating group) is 1. The molecule has 1 aliphatic carbocycles. The molecule has 2 aliphatic heterocycles. The van der Waals surface area contributed by atoms with Gasteiger partial charge in [-0.25, -0.2) is 4.98 Å². The summed E-state index contributed by atoms with van der Waals surface area (Å²) in [6.07, 6.45) is 7.38. The van der Waals surface area contributed by atoms with Crippen LogP contribution in [-0.4, -0.2) is 77.3 Å². The molecular formula is C22H35N3O3S. The largest absolute Gasteiger partial charge is 0.393 e. The van der Waals surface area contributed by atoms with Gasteiger partial charge < -0.3 is 19.6 Å². The molecule has 0 bridgehead atoms. The number of aliphatic hydroxyl groups excluding tert-OH is 1. The van der Waals surface area contributed by atoms with Crippen molar-refractivity contribution in [2.75, 3.05) is 33.3 Å². The summed E-state index contributed by atoms with van der Waals surface area (Å²) in [6, 6.07) is 0.573. The number of piperidine rings is 1. The number of aryl methyl sites for hydroxylation is 2. The lowest BCUT2D eigenvalue weighted by Gasteiger charge is -2.38. The molecule has 29 heavy (non-hydrogen) atoms. The fraction of sp³-hybridized carbons (Fsp3) is 0.818. The molecule has 0 unspecified atom stereocenters. The maximum absolute atomic E-state index is 12.9. The zero-order valence-corrected chi connectivity index (χ0v) is 18.8. The van der Waals surface area contributed by atoms with Crippen molar-refractivity contribution in [1.29, 1.82) is 0 Å². The molecular weight excluding hydrogens is 386 g/mol. The van der Waals surface area contributed by atoms with E-state index in [4.69, 9.17) is 4.74 Å². The number of ether oxygens (including phenoxy) is 1. The third-order valence-corrected chi connectivity index (χ3v) is 8.34. The maximum atomic E-state index is 12.9. The SMILES string of the molecule is Cc1nc(C)c(C(=O)N2CCC3(CC2)CO[C@H](CN(C)C2CCC(O)CC2)C3)s1. The first-order chi connectivity index (χ1) is 13.8. The van der Waals surface area contributed by atoms with Gasteiger partial charge in [0.25, 0.3) is 5.91 Å². The minimum atomic E-state index is -0.101. The van der Waals surface area contributed by atoms with Gasteiger partial charge in [0.15, 0.2) is 0 Å². The minimum Gasteiger partial charge on any atom is -0.393 e. The van der Waals surface area contributed by atoms with E-state index in [1.54, 1.807) is 0 Å². The molecule has 0 radical (unpaired) electrons. The van der Waals surface area contributed by atoms with Crippen LogP contribution >= 0.6 is 11.3 Å². The van der Waals surface area contributed by atoms with Gasteiger partial charge in [0.1, 0.15) is 4.88 Å². The normalized spacial score (nSPS) is 29.7. The summed E-state index contributed by atoms with van der Waals surface area (Å²) in [5, 5.41) is 10.7. The van der Waals surface area contributed by atoms with E-state index in [1.807, 2.05) is 18.7 Å². The molecule has 0 aromatic carbocycles. The monoisotopic (exact) mass is 421 g/mol. The summed E-state index contributed by atoms with van der Waals surface area (Å²) < 4.78 is 6.23. The first-order valence-electron chi connectivity index (χ1n) is 11.1. The third kappa shape index (κ3) is 4.68. The lowest BCUT2D eigenvalue weighted by molar-refractivity contribution is 0.0336. The molecule has 1 atom stereocenters. The number of thiazole rings is 1. The van der Waals surface area contributed by atoms with Crippen LogP contribution in [0.15, 0.2) is 0 Å². The van der Waals surface area contributed by atoms with E-state index in [9.17, 15) is 9.90 Å². The molecule has 3 fully saturated rings. The zero-order chi connectivity index (χ0) is 20.6. The Hall–Kier alpha value is -1.02. The Labute approximate surface area is 178 Å². The van der Waals surface area contributed by atoms with Crippen molar-refractivity contribution in [1.82, 2.24) is 14.8 Å². The molecule has 3 aliphatic rings. The summed E-state index contributed by atoms with van der Waals surface area (Å²) in [5.74, 6) is 0.151. The minimum absolute atomic E-state index is 0.101. The van der Waals surface area contributed by atoms with Crippen molar-refractivity contribution in [3.8, 4) is 0 Å². The lowest BCUT2D eigenvalue weighted by Crippen LogP contribution is -2.44. The van der Waals surface area contributed by atoms with Gasteiger partial charge in [-0.2, -0.15) is 0 Å². The van der Waals surface area contributed by atoms with E-state index in [0.29, 0.717) is 12.1 Å². The number of rotatable bonds is 4. The summed E-state index contributed by atoms with van der Waals surface area (Å²) in [5.41, 5.74) is 1.10. The molecule has 1 aromatic rings. The quantitative estimate of drug-likeness (QED) is 0.810. The summed E-state index contributed by atoms with van der Waals surface area (Å²) >= 11 is 1.51. The van der Waals surface area contributed by atoms with Crippen LogP contribution in [0.3, 0.4) is 0 Å². The fourth-order valence-corrected chi connectivity index (χ4v) is 6.28. The second-order valence-corrected chi connectivity index (χ2v) is 10.7. The van der Waals surface area contributed by atoms with Gasteiger partial charge in [-0.05, 0) is 71.3 Å². The summed E-state index contributed by atoms with van der Waals surface area (Å²) in [6.45, 7) is 7.34. The number of hydrogen-bond donors (Lipinski definition) is 1. The van der Waals surface area contributed by atoms with Crippen LogP contribution in [-0.2, 0) is 4.74 Å². The van der Waals surface area contributed by atoms with Gasteiger partial charge in [0.2, 0.25) is 0 Å². The smallest absolute Gasteiger partial charge is 0.265 e. The van der Waals surface area contributed by atoms with E-state index >= 15 is 0 Å². The standard InChI is InChI=1S/C22H35N3O3S/c1-15-20(29-16(2)23-15)21(27)25-10-8-22(9-11-25)12-19(28-14-22)13-24(3)17-4-6-18(26)7-5-17/h17-19,26H,4-14H2,1-3H3/t17?,18?,19-/m0/s1. The highest BCUT2D eigenvalue weighted by molar-refractivity contribution is 7.13. The van der Waals surface area contributed by atoms with Gasteiger partial charge in [-0.15, -0.1) is 11.3 Å². The number of amides is 1. The predicted octanol–water partition coefficient (Wildman–Crippen LogP) is 3.01. The van der Waals surface area contributed by atoms with Crippen molar-refractivity contribution in [3.05, 3.63) is 15.6 Å². The number of aromatic nitrogens is 1. The number of carbonyl (C=O) groups excluding carboxylic acids is 1. The van der Waals surface area contributed by atoms with Gasteiger partial charge >= 0.3 is 0 Å². The Morgan fingerprint density at radius 3 is 2.59 bits per heavy atom. The number of hydrogen-bond acceptors (Lipinski definition) is 6. The van der Waals surface area contributed by atoms with Crippen LogP contribution in [0.4, 0.5) is 0 Å². The Bertz CT molecular complexity index is 721. The van der Waals surface area contributed by atoms with Crippen molar-refractivity contribution < 1.29 is 14.6 Å². The summed E-state index contributed by atoms with van der Waals surface area (Å²) in [7, 11) is 2.21. The Balaban J connectivity index is 1.27. The summed E-state index contributed by atoms with van der Waals surface area (Å²) in [4.78, 5) is 22.6. The molecule has 2 saturated heterocycles. The number of aliphatic hydroxyl groups is 1. The average Bonchev–Trinajstić information content (AvgIpc) is 3.24. The van der Waals surface area contributed by atoms with Gasteiger partial charge in [0.05, 0.1) is 29.5 Å². The van der Waals surface area contributed by atoms with Crippen LogP contribution in [0.25, 0.3) is 0 Å². The maximum Gasteiger partial charge on any atom is 0.265 e. The molecule has 1 N–H and O–H groups in total. The number of likely N-dealkylation sites (tertiary alicyclic amines) is 1. The molecule has 6 nitrogen and oxygen atoms in total. The van der Waals surface area contributed by atoms with Crippen molar-refractivity contribution in [2.24, 2.45) is 5.41 Å². The topological polar surface area (TPSA) is 65.9 Å². The highest BCUT2D eigenvalue weighted by Gasteiger charge is 2.44. The zero-order valence-electron chi connectivity index (χ0n) is 18.0. The average molecular weight is 422 g/mol. The van der Waals surface area contributed by atoms with Gasteiger partial charge in [-0.3, -0.25) is 4.79 Å². The highest BCUT2D eigenvalue weighted by atomic mass is 32.1. The third-order valence-electron chi connectivity index (χ3n) is 7.28. The van der Waals surface area contributed by atoms with E-state index in [-0.39, 0.29) is 17.4 Å². The molecule has 4 rings (SSSR count). The molecule has 1 saturated carbocycles. The van der Waals surface area contributed by atoms with Gasteiger partial charge in [0, 0.05) is 25.7 Å². The molecule has 7 heteroatoms. The number of carbonyl (C=O) groups is 1. The van der Waals surface area contributed by atoms with Crippen LogP contribution < -0.4 is 0 Å². The van der Waals surface area contributed by atoms with Crippen molar-refractivity contribution in [3.63, 3.8) is 0 Å². The Kier molecular flexibility index (Phi) is 6.30. The first-order valence-corrected chi connectivity index (χ1v) is 11.9. The van der Waals surface area contributed by atoms with E-state index < -0.39 is 0 Å². The van der Waals surface area contributed by atoms with Crippen molar-refractivity contribution in [2.45, 2.75) is 77.0 Å². The van der Waals surface area contributed by atoms with Crippen molar-refractivity contribution >= 4 is 17.2 Å². The van der Waals surface area contributed by atoms with Gasteiger partial charge in [-0.1, -0.05) is 0 Å². The molecule has 162 valence electrons.